The summed E-state index contributed by atoms with van der Waals surface area (Å²) in [6, 6.07) is 25.6. The van der Waals surface area contributed by atoms with Crippen LogP contribution in [0.3, 0.4) is 0 Å². The molecule has 38 heavy (non-hydrogen) atoms. The molecule has 1 aromatic heterocycles. The number of benzene rings is 3. The summed E-state index contributed by atoms with van der Waals surface area (Å²) in [5, 5.41) is 6.96. The van der Waals surface area contributed by atoms with E-state index < -0.39 is 0 Å². The highest BCUT2D eigenvalue weighted by atomic mass is 16.2. The number of hydrogen-bond donors (Lipinski definition) is 1. The summed E-state index contributed by atoms with van der Waals surface area (Å²) in [6.45, 7) is 7.68. The monoisotopic (exact) mass is 508 g/mol. The summed E-state index contributed by atoms with van der Waals surface area (Å²) in [4.78, 5) is 19.0. The third kappa shape index (κ3) is 5.64. The fraction of sp³-hybridized carbons (Fsp3) is 0.424. The van der Waals surface area contributed by atoms with Crippen LogP contribution in [-0.2, 0) is 6.54 Å². The Bertz CT molecular complexity index is 1360. The molecule has 0 unspecified atom stereocenters. The summed E-state index contributed by atoms with van der Waals surface area (Å²) in [5.74, 6) is 0.0456. The Morgan fingerprint density at radius 3 is 2.18 bits per heavy atom. The molecule has 1 amide bonds. The minimum Gasteiger partial charge on any atom is -0.348 e. The van der Waals surface area contributed by atoms with E-state index >= 15 is 0 Å². The highest BCUT2D eigenvalue weighted by molar-refractivity contribution is 6.10. The van der Waals surface area contributed by atoms with E-state index in [1.807, 2.05) is 6.07 Å². The Balaban J connectivity index is 1.15. The van der Waals surface area contributed by atoms with Gasteiger partial charge in [-0.3, -0.25) is 4.79 Å². The van der Waals surface area contributed by atoms with Crippen molar-refractivity contribution in [2.75, 3.05) is 39.3 Å². The van der Waals surface area contributed by atoms with Crippen LogP contribution in [0.25, 0.3) is 21.7 Å². The highest BCUT2D eigenvalue weighted by Crippen LogP contribution is 2.29. The molecule has 0 saturated carbocycles. The van der Waals surface area contributed by atoms with Gasteiger partial charge >= 0.3 is 0 Å². The van der Waals surface area contributed by atoms with E-state index in [-0.39, 0.29) is 11.9 Å². The van der Waals surface area contributed by atoms with Crippen molar-refractivity contribution in [1.29, 1.82) is 0 Å². The van der Waals surface area contributed by atoms with Crippen LogP contribution in [0.15, 0.2) is 72.8 Å². The molecule has 0 atom stereocenters. The Kier molecular flexibility index (Phi) is 7.75. The molecule has 3 aromatic carbocycles. The van der Waals surface area contributed by atoms with Gasteiger partial charge in [-0.05, 0) is 67.2 Å². The lowest BCUT2D eigenvalue weighted by Crippen LogP contribution is -2.46. The van der Waals surface area contributed by atoms with Gasteiger partial charge in [-0.25, -0.2) is 0 Å². The number of nitrogens with one attached hydrogen (secondary N) is 1. The first-order valence-electron chi connectivity index (χ1n) is 14.5. The molecule has 3 heterocycles. The Morgan fingerprint density at radius 1 is 0.737 bits per heavy atom. The lowest BCUT2D eigenvalue weighted by atomic mass is 10.0. The van der Waals surface area contributed by atoms with Crippen molar-refractivity contribution in [3.8, 4) is 0 Å². The maximum Gasteiger partial charge on any atom is 0.268 e. The van der Waals surface area contributed by atoms with Gasteiger partial charge in [0.2, 0.25) is 0 Å². The van der Waals surface area contributed by atoms with Gasteiger partial charge in [-0.2, -0.15) is 0 Å². The molecule has 2 fully saturated rings. The first kappa shape index (κ1) is 25.1. The van der Waals surface area contributed by atoms with Crippen LogP contribution in [0.2, 0.25) is 0 Å². The van der Waals surface area contributed by atoms with E-state index in [9.17, 15) is 4.79 Å². The van der Waals surface area contributed by atoms with Crippen molar-refractivity contribution in [3.05, 3.63) is 84.1 Å². The van der Waals surface area contributed by atoms with Gasteiger partial charge in [0.25, 0.3) is 5.91 Å². The second-order valence-corrected chi connectivity index (χ2v) is 11.2. The smallest absolute Gasteiger partial charge is 0.268 e. The molecule has 2 saturated heterocycles. The van der Waals surface area contributed by atoms with Crippen molar-refractivity contribution >= 4 is 27.6 Å². The van der Waals surface area contributed by atoms with Gasteiger partial charge in [0, 0.05) is 49.7 Å². The van der Waals surface area contributed by atoms with Crippen LogP contribution in [0.5, 0.6) is 0 Å². The minimum atomic E-state index is 0.0456. The maximum atomic E-state index is 13.7. The second kappa shape index (κ2) is 11.7. The van der Waals surface area contributed by atoms with E-state index in [1.165, 1.54) is 61.7 Å². The maximum absolute atomic E-state index is 13.7. The standard InChI is InChI=1S/C33H40N4O/c38-33(34-28-16-20-36(21-17-28)23-22-35-18-8-1-2-9-19-35)32-24-30-29-13-7-6-12-27(29)14-15-31(30)37(32)25-26-10-4-3-5-11-26/h3-7,10-15,24,28H,1-2,8-9,16-23,25H2,(H,34,38). The molecular formula is C33H40N4O. The van der Waals surface area contributed by atoms with Crippen LogP contribution < -0.4 is 5.32 Å². The van der Waals surface area contributed by atoms with E-state index in [1.54, 1.807) is 0 Å². The molecule has 0 spiro atoms. The average Bonchev–Trinajstić information content (AvgIpc) is 3.12. The van der Waals surface area contributed by atoms with Crippen LogP contribution >= 0.6 is 0 Å². The topological polar surface area (TPSA) is 40.5 Å². The fourth-order valence-corrected chi connectivity index (χ4v) is 6.34. The summed E-state index contributed by atoms with van der Waals surface area (Å²) < 4.78 is 2.20. The van der Waals surface area contributed by atoms with Crippen LogP contribution in [0.1, 0.15) is 54.6 Å². The SMILES string of the molecule is O=C(NC1CCN(CCN2CCCCCC2)CC1)c1cc2c3ccccc3ccc2n1Cc1ccccc1. The third-order valence-corrected chi connectivity index (χ3v) is 8.58. The highest BCUT2D eigenvalue weighted by Gasteiger charge is 2.24. The molecule has 0 radical (unpaired) electrons. The summed E-state index contributed by atoms with van der Waals surface area (Å²) in [5.41, 5.74) is 3.06. The Hall–Kier alpha value is -3.15. The number of aromatic nitrogens is 1. The average molecular weight is 509 g/mol. The van der Waals surface area contributed by atoms with Gasteiger partial charge in [-0.15, -0.1) is 0 Å². The normalized spacial score (nSPS) is 18.1. The van der Waals surface area contributed by atoms with Crippen LogP contribution in [-0.4, -0.2) is 65.6 Å². The second-order valence-electron chi connectivity index (χ2n) is 11.2. The number of amides is 1. The summed E-state index contributed by atoms with van der Waals surface area (Å²) >= 11 is 0. The lowest BCUT2D eigenvalue weighted by molar-refractivity contribution is 0.0898. The summed E-state index contributed by atoms with van der Waals surface area (Å²) in [6.07, 6.45) is 7.53. The molecular weight excluding hydrogens is 468 g/mol. The van der Waals surface area contributed by atoms with E-state index in [0.29, 0.717) is 6.54 Å². The number of likely N-dealkylation sites (tertiary alicyclic amines) is 2. The van der Waals surface area contributed by atoms with Crippen molar-refractivity contribution in [1.82, 2.24) is 19.7 Å². The van der Waals surface area contributed by atoms with E-state index in [4.69, 9.17) is 0 Å². The van der Waals surface area contributed by atoms with Crippen LogP contribution in [0, 0.1) is 0 Å². The number of nitrogens with zero attached hydrogens (tertiary/aromatic N) is 3. The molecule has 0 aliphatic carbocycles. The number of fused-ring (bicyclic) bond motifs is 3. The van der Waals surface area contributed by atoms with E-state index in [2.05, 4.69) is 86.4 Å². The van der Waals surface area contributed by atoms with Gasteiger partial charge < -0.3 is 19.7 Å². The minimum absolute atomic E-state index is 0.0456. The number of rotatable bonds is 7. The van der Waals surface area contributed by atoms with Crippen molar-refractivity contribution in [2.24, 2.45) is 0 Å². The van der Waals surface area contributed by atoms with Crippen LogP contribution in [0.4, 0.5) is 0 Å². The molecule has 6 rings (SSSR count). The first-order valence-corrected chi connectivity index (χ1v) is 14.5. The summed E-state index contributed by atoms with van der Waals surface area (Å²) in [7, 11) is 0. The molecule has 1 N–H and O–H groups in total. The largest absolute Gasteiger partial charge is 0.348 e. The zero-order chi connectivity index (χ0) is 25.7. The Labute approximate surface area is 226 Å². The van der Waals surface area contributed by atoms with E-state index in [0.717, 1.165) is 49.1 Å². The number of piperidine rings is 1. The van der Waals surface area contributed by atoms with Gasteiger partial charge in [-0.1, -0.05) is 73.5 Å². The molecule has 5 nitrogen and oxygen atoms in total. The van der Waals surface area contributed by atoms with Gasteiger partial charge in [0.15, 0.2) is 0 Å². The molecule has 198 valence electrons. The lowest BCUT2D eigenvalue weighted by Gasteiger charge is -2.33. The third-order valence-electron chi connectivity index (χ3n) is 8.58. The zero-order valence-electron chi connectivity index (χ0n) is 22.4. The van der Waals surface area contributed by atoms with Crippen molar-refractivity contribution < 1.29 is 4.79 Å². The molecule has 5 heteroatoms. The Morgan fingerprint density at radius 2 is 1.42 bits per heavy atom. The van der Waals surface area contributed by atoms with Crippen molar-refractivity contribution in [3.63, 3.8) is 0 Å². The zero-order valence-corrected chi connectivity index (χ0v) is 22.4. The predicted octanol–water partition coefficient (Wildman–Crippen LogP) is 5.91. The number of carbonyl (C=O) groups excluding carboxylic acids is 1. The van der Waals surface area contributed by atoms with Gasteiger partial charge in [0.1, 0.15) is 5.69 Å². The quantitative estimate of drug-likeness (QED) is 0.337. The fourth-order valence-electron chi connectivity index (χ4n) is 6.34. The first-order chi connectivity index (χ1) is 18.7. The molecule has 2 aliphatic heterocycles. The molecule has 4 aromatic rings. The van der Waals surface area contributed by atoms with Gasteiger partial charge in [0.05, 0.1) is 0 Å². The molecule has 0 bridgehead atoms. The van der Waals surface area contributed by atoms with Crippen molar-refractivity contribution in [2.45, 2.75) is 51.1 Å². The number of hydrogen-bond acceptors (Lipinski definition) is 3. The molecule has 2 aliphatic rings. The predicted molar refractivity (Wildman–Crippen MR) is 157 cm³/mol. The number of carbonyl (C=O) groups is 1.